The fourth-order valence-electron chi connectivity index (χ4n) is 9.05. The van der Waals surface area contributed by atoms with E-state index in [1.807, 2.05) is 0 Å². The summed E-state index contributed by atoms with van der Waals surface area (Å²) in [5, 5.41) is 0.582. The van der Waals surface area contributed by atoms with Gasteiger partial charge in [0.2, 0.25) is 0 Å². The Morgan fingerprint density at radius 3 is 2.46 bits per heavy atom. The minimum absolute atomic E-state index is 0.582. The third-order valence-corrected chi connectivity index (χ3v) is 10.6. The Hall–Kier alpha value is 0.350. The molecule has 4 fully saturated rings. The van der Waals surface area contributed by atoms with Crippen LogP contribution in [0.3, 0.4) is 0 Å². The van der Waals surface area contributed by atoms with Crippen LogP contribution in [0.25, 0.3) is 0 Å². The quantitative estimate of drug-likeness (QED) is 0.476. The smallest absolute Gasteiger partial charge is 0.00116 e. The molecule has 4 aliphatic rings. The lowest BCUT2D eigenvalue weighted by molar-refractivity contribution is -0.132. The SMILES string of the molecule is CC(S)CCC[C@H]1CC[C@H]2[C@@H]3C[C@H](C)[C@@H]4CCCC[C@]4(C)C3CC[C@]12C. The van der Waals surface area contributed by atoms with Crippen molar-refractivity contribution in [2.24, 2.45) is 46.3 Å². The monoisotopic (exact) mass is 376 g/mol. The maximum Gasteiger partial charge on any atom is -0.00116 e. The molecule has 2 unspecified atom stereocenters. The molecule has 0 aromatic heterocycles. The van der Waals surface area contributed by atoms with E-state index in [1.165, 1.54) is 57.8 Å². The van der Waals surface area contributed by atoms with Gasteiger partial charge >= 0.3 is 0 Å². The molecule has 0 aromatic rings. The van der Waals surface area contributed by atoms with Crippen LogP contribution in [-0.4, -0.2) is 5.25 Å². The van der Waals surface area contributed by atoms with Gasteiger partial charge in [-0.15, -0.1) is 0 Å². The second kappa shape index (κ2) is 7.31. The van der Waals surface area contributed by atoms with Crippen molar-refractivity contribution >= 4 is 12.6 Å². The van der Waals surface area contributed by atoms with Crippen molar-refractivity contribution in [3.05, 3.63) is 0 Å². The number of hydrogen-bond acceptors (Lipinski definition) is 1. The molecule has 4 saturated carbocycles. The normalized spacial score (nSPS) is 52.0. The number of fused-ring (bicyclic) bond motifs is 5. The standard InChI is InChI=1S/C25H44S/c1-17-16-20-22-12-11-19(9-7-8-18(2)26)24(22,3)15-13-23(20)25(4)14-6-5-10-21(17)25/h17-23,26H,5-16H2,1-4H3/t17-,18?,19-,20-,21-,22-,23?,24+,25-/m0/s1. The van der Waals surface area contributed by atoms with Crippen molar-refractivity contribution in [1.29, 1.82) is 0 Å². The average Bonchev–Trinajstić information content (AvgIpc) is 2.91. The molecule has 0 N–H and O–H groups in total. The first-order valence-corrected chi connectivity index (χ1v) is 12.6. The summed E-state index contributed by atoms with van der Waals surface area (Å²) in [7, 11) is 0. The summed E-state index contributed by atoms with van der Waals surface area (Å²) in [6, 6.07) is 0. The molecule has 0 aliphatic heterocycles. The Balaban J connectivity index is 1.51. The highest BCUT2D eigenvalue weighted by Gasteiger charge is 2.60. The van der Waals surface area contributed by atoms with Gasteiger partial charge in [-0.25, -0.2) is 0 Å². The van der Waals surface area contributed by atoms with Crippen LogP contribution in [0.4, 0.5) is 0 Å². The van der Waals surface area contributed by atoms with Crippen molar-refractivity contribution in [3.8, 4) is 0 Å². The summed E-state index contributed by atoms with van der Waals surface area (Å²) in [5.41, 5.74) is 1.35. The molecule has 4 aliphatic carbocycles. The summed E-state index contributed by atoms with van der Waals surface area (Å²) in [6.45, 7) is 10.3. The van der Waals surface area contributed by atoms with E-state index in [9.17, 15) is 0 Å². The van der Waals surface area contributed by atoms with Crippen LogP contribution in [0.5, 0.6) is 0 Å². The van der Waals surface area contributed by atoms with Gasteiger partial charge in [-0.1, -0.05) is 47.0 Å². The van der Waals surface area contributed by atoms with Gasteiger partial charge in [-0.3, -0.25) is 0 Å². The van der Waals surface area contributed by atoms with Gasteiger partial charge in [0.05, 0.1) is 0 Å². The van der Waals surface area contributed by atoms with E-state index in [0.717, 1.165) is 35.5 Å². The Labute approximate surface area is 169 Å². The molecule has 26 heavy (non-hydrogen) atoms. The van der Waals surface area contributed by atoms with Crippen molar-refractivity contribution < 1.29 is 0 Å². The first-order chi connectivity index (χ1) is 12.4. The minimum atomic E-state index is 0.582. The Morgan fingerprint density at radius 1 is 0.923 bits per heavy atom. The number of thiol groups is 1. The lowest BCUT2D eigenvalue weighted by Gasteiger charge is -2.62. The Bertz CT molecular complexity index is 498. The van der Waals surface area contributed by atoms with Crippen LogP contribution in [0.1, 0.15) is 105 Å². The van der Waals surface area contributed by atoms with Crippen molar-refractivity contribution in [1.82, 2.24) is 0 Å². The van der Waals surface area contributed by atoms with E-state index in [4.69, 9.17) is 0 Å². The average molecular weight is 377 g/mol. The highest BCUT2D eigenvalue weighted by molar-refractivity contribution is 7.80. The zero-order valence-electron chi connectivity index (χ0n) is 18.0. The van der Waals surface area contributed by atoms with E-state index in [1.54, 1.807) is 19.3 Å². The Kier molecular flexibility index (Phi) is 5.53. The van der Waals surface area contributed by atoms with Crippen molar-refractivity contribution in [2.45, 2.75) is 110 Å². The maximum absolute atomic E-state index is 4.61. The van der Waals surface area contributed by atoms with Gasteiger partial charge in [-0.05, 0) is 109 Å². The zero-order chi connectivity index (χ0) is 18.5. The van der Waals surface area contributed by atoms with Crippen molar-refractivity contribution in [3.63, 3.8) is 0 Å². The lowest BCUT2D eigenvalue weighted by atomic mass is 9.43. The molecular weight excluding hydrogens is 332 g/mol. The molecule has 0 bridgehead atoms. The molecule has 150 valence electrons. The fourth-order valence-corrected chi connectivity index (χ4v) is 9.23. The van der Waals surface area contributed by atoms with Crippen LogP contribution < -0.4 is 0 Å². The summed E-state index contributed by atoms with van der Waals surface area (Å²) < 4.78 is 0. The summed E-state index contributed by atoms with van der Waals surface area (Å²) in [6.07, 6.45) is 18.0. The number of rotatable bonds is 4. The highest BCUT2D eigenvalue weighted by atomic mass is 32.1. The summed E-state index contributed by atoms with van der Waals surface area (Å²) in [5.74, 6) is 6.17. The maximum atomic E-state index is 4.61. The molecule has 0 spiro atoms. The van der Waals surface area contributed by atoms with Gasteiger partial charge < -0.3 is 0 Å². The van der Waals surface area contributed by atoms with Crippen molar-refractivity contribution in [2.75, 3.05) is 0 Å². The van der Waals surface area contributed by atoms with Crippen LogP contribution in [-0.2, 0) is 0 Å². The molecule has 0 amide bonds. The van der Waals surface area contributed by atoms with E-state index < -0.39 is 0 Å². The molecule has 0 nitrogen and oxygen atoms in total. The van der Waals surface area contributed by atoms with E-state index in [0.29, 0.717) is 16.1 Å². The Morgan fingerprint density at radius 2 is 1.69 bits per heavy atom. The van der Waals surface area contributed by atoms with Gasteiger partial charge in [0.1, 0.15) is 0 Å². The van der Waals surface area contributed by atoms with Gasteiger partial charge in [0.15, 0.2) is 0 Å². The predicted octanol–water partition coefficient (Wildman–Crippen LogP) is 7.77. The van der Waals surface area contributed by atoms with Crippen LogP contribution >= 0.6 is 12.6 Å². The van der Waals surface area contributed by atoms with E-state index in [2.05, 4.69) is 40.3 Å². The molecular formula is C25H44S. The molecule has 0 aromatic carbocycles. The van der Waals surface area contributed by atoms with E-state index in [-0.39, 0.29) is 0 Å². The molecule has 0 saturated heterocycles. The topological polar surface area (TPSA) is 0 Å². The predicted molar refractivity (Wildman–Crippen MR) is 117 cm³/mol. The second-order valence-electron chi connectivity index (χ2n) is 11.5. The van der Waals surface area contributed by atoms with E-state index >= 15 is 0 Å². The first kappa shape index (κ1) is 19.7. The van der Waals surface area contributed by atoms with Crippen LogP contribution in [0.15, 0.2) is 0 Å². The van der Waals surface area contributed by atoms with Gasteiger partial charge in [0, 0.05) is 0 Å². The van der Waals surface area contributed by atoms with Crippen LogP contribution in [0, 0.1) is 46.3 Å². The summed E-state index contributed by atoms with van der Waals surface area (Å²) in [4.78, 5) is 0. The highest BCUT2D eigenvalue weighted by Crippen LogP contribution is 2.68. The number of hydrogen-bond donors (Lipinski definition) is 1. The third-order valence-electron chi connectivity index (χ3n) is 10.3. The van der Waals surface area contributed by atoms with Crippen LogP contribution in [0.2, 0.25) is 0 Å². The molecule has 4 rings (SSSR count). The molecule has 0 heterocycles. The molecule has 9 atom stereocenters. The van der Waals surface area contributed by atoms with Gasteiger partial charge in [-0.2, -0.15) is 12.6 Å². The summed E-state index contributed by atoms with van der Waals surface area (Å²) >= 11 is 4.61. The molecule has 0 radical (unpaired) electrons. The second-order valence-corrected chi connectivity index (χ2v) is 12.4. The van der Waals surface area contributed by atoms with Gasteiger partial charge in [0.25, 0.3) is 0 Å². The third kappa shape index (κ3) is 3.11. The largest absolute Gasteiger partial charge is 0.176 e. The molecule has 1 heteroatoms. The first-order valence-electron chi connectivity index (χ1n) is 12.0. The zero-order valence-corrected chi connectivity index (χ0v) is 18.9. The lowest BCUT2D eigenvalue weighted by Crippen LogP contribution is -2.55. The minimum Gasteiger partial charge on any atom is -0.176 e. The fraction of sp³-hybridized carbons (Fsp3) is 1.00.